The van der Waals surface area contributed by atoms with Crippen molar-refractivity contribution < 1.29 is 9.72 Å². The van der Waals surface area contributed by atoms with Crippen molar-refractivity contribution in [2.75, 3.05) is 5.32 Å². The zero-order chi connectivity index (χ0) is 18.0. The number of amides is 1. The molecule has 3 rings (SSSR count). The number of halogens is 1. The van der Waals surface area contributed by atoms with Gasteiger partial charge in [-0.25, -0.2) is 4.98 Å². The molecule has 2 aromatic carbocycles. The molecular weight excluding hydrogens is 344 g/mol. The molecule has 7 nitrogen and oxygen atoms in total. The lowest BCUT2D eigenvalue weighted by Crippen LogP contribution is -2.15. The Kier molecular flexibility index (Phi) is 4.49. The van der Waals surface area contributed by atoms with E-state index < -0.39 is 10.8 Å². The molecular formula is C17H13ClN4O3. The Morgan fingerprint density at radius 1 is 1.24 bits per heavy atom. The van der Waals surface area contributed by atoms with Crippen LogP contribution in [0.2, 0.25) is 5.02 Å². The Morgan fingerprint density at radius 3 is 2.64 bits per heavy atom. The normalized spacial score (nSPS) is 10.5. The predicted molar refractivity (Wildman–Crippen MR) is 94.7 cm³/mol. The van der Waals surface area contributed by atoms with Gasteiger partial charge in [-0.15, -0.1) is 0 Å². The molecule has 0 unspecified atom stereocenters. The lowest BCUT2D eigenvalue weighted by Gasteiger charge is -2.08. The zero-order valence-corrected chi connectivity index (χ0v) is 13.9. The number of anilines is 1. The van der Waals surface area contributed by atoms with Crippen molar-refractivity contribution in [2.45, 2.75) is 0 Å². The van der Waals surface area contributed by atoms with Crippen molar-refractivity contribution >= 4 is 29.1 Å². The number of imidazole rings is 1. The molecule has 1 N–H and O–H groups in total. The van der Waals surface area contributed by atoms with Crippen LogP contribution in [0.25, 0.3) is 11.3 Å². The molecule has 0 bridgehead atoms. The average molecular weight is 357 g/mol. The van der Waals surface area contributed by atoms with Crippen LogP contribution in [0.5, 0.6) is 0 Å². The van der Waals surface area contributed by atoms with Crippen LogP contribution in [0.15, 0.2) is 54.7 Å². The van der Waals surface area contributed by atoms with E-state index in [1.807, 2.05) is 12.1 Å². The molecule has 25 heavy (non-hydrogen) atoms. The maximum absolute atomic E-state index is 12.3. The highest BCUT2D eigenvalue weighted by Gasteiger charge is 2.15. The van der Waals surface area contributed by atoms with E-state index in [0.717, 1.165) is 11.3 Å². The Morgan fingerprint density at radius 2 is 1.96 bits per heavy atom. The lowest BCUT2D eigenvalue weighted by atomic mass is 10.2. The smallest absolute Gasteiger partial charge is 0.270 e. The fourth-order valence-corrected chi connectivity index (χ4v) is 2.47. The van der Waals surface area contributed by atoms with Gasteiger partial charge in [0.1, 0.15) is 0 Å². The molecule has 0 atom stereocenters. The third kappa shape index (κ3) is 3.51. The van der Waals surface area contributed by atoms with Crippen LogP contribution in [0, 0.1) is 10.1 Å². The van der Waals surface area contributed by atoms with Crippen molar-refractivity contribution in [2.24, 2.45) is 7.05 Å². The summed E-state index contributed by atoms with van der Waals surface area (Å²) >= 11 is 5.89. The number of carbonyl (C=O) groups is 1. The summed E-state index contributed by atoms with van der Waals surface area (Å²) in [4.78, 5) is 26.8. The maximum Gasteiger partial charge on any atom is 0.270 e. The first kappa shape index (κ1) is 16.7. The fraction of sp³-hybridized carbons (Fsp3) is 0.0588. The highest BCUT2D eigenvalue weighted by Crippen LogP contribution is 2.24. The Labute approximate surface area is 148 Å². The van der Waals surface area contributed by atoms with Crippen LogP contribution in [0.3, 0.4) is 0 Å². The van der Waals surface area contributed by atoms with Gasteiger partial charge in [-0.1, -0.05) is 29.8 Å². The summed E-state index contributed by atoms with van der Waals surface area (Å²) in [6.45, 7) is 0. The molecule has 0 aliphatic rings. The second kappa shape index (κ2) is 6.74. The van der Waals surface area contributed by atoms with Gasteiger partial charge in [0.25, 0.3) is 11.6 Å². The molecule has 1 aromatic heterocycles. The van der Waals surface area contributed by atoms with E-state index in [1.165, 1.54) is 24.3 Å². The number of non-ortho nitro benzene ring substituents is 1. The first-order valence-corrected chi connectivity index (χ1v) is 7.67. The molecule has 0 saturated carbocycles. The summed E-state index contributed by atoms with van der Waals surface area (Å²) in [5.41, 5.74) is 1.74. The van der Waals surface area contributed by atoms with Crippen molar-refractivity contribution in [1.82, 2.24) is 9.55 Å². The molecule has 0 spiro atoms. The van der Waals surface area contributed by atoms with E-state index in [0.29, 0.717) is 11.0 Å². The van der Waals surface area contributed by atoms with E-state index in [4.69, 9.17) is 11.6 Å². The molecule has 0 aliphatic carbocycles. The number of hydrogen-bond donors (Lipinski definition) is 1. The first-order chi connectivity index (χ1) is 12.0. The van der Waals surface area contributed by atoms with E-state index in [-0.39, 0.29) is 11.3 Å². The molecule has 0 fully saturated rings. The molecule has 0 saturated heterocycles. The number of rotatable bonds is 4. The monoisotopic (exact) mass is 356 g/mol. The number of nitro groups is 1. The summed E-state index contributed by atoms with van der Waals surface area (Å²) < 4.78 is 1.72. The van der Waals surface area contributed by atoms with Gasteiger partial charge in [0.05, 0.1) is 16.8 Å². The highest BCUT2D eigenvalue weighted by molar-refractivity contribution is 6.30. The van der Waals surface area contributed by atoms with Crippen molar-refractivity contribution in [3.8, 4) is 11.3 Å². The quantitative estimate of drug-likeness (QED) is 0.567. The predicted octanol–water partition coefficient (Wildman–Crippen LogP) is 3.90. The van der Waals surface area contributed by atoms with Crippen LogP contribution >= 0.6 is 11.6 Å². The largest absolute Gasteiger partial charge is 0.313 e. The van der Waals surface area contributed by atoms with Gasteiger partial charge in [0, 0.05) is 29.8 Å². The van der Waals surface area contributed by atoms with E-state index in [2.05, 4.69) is 10.3 Å². The molecule has 3 aromatic rings. The SMILES string of the molecule is Cn1c(-c2ccc(Cl)cc2)cnc1NC(=O)c1cccc([N+](=O)[O-])c1. The second-order valence-electron chi connectivity index (χ2n) is 5.29. The van der Waals surface area contributed by atoms with Crippen LogP contribution < -0.4 is 5.32 Å². The standard InChI is InChI=1S/C17H13ClN4O3/c1-21-15(11-5-7-13(18)8-6-11)10-19-17(21)20-16(23)12-3-2-4-14(9-12)22(24)25/h2-10H,1H3,(H,19,20,23). The number of hydrogen-bond acceptors (Lipinski definition) is 4. The molecule has 1 amide bonds. The van der Waals surface area contributed by atoms with E-state index in [1.54, 1.807) is 29.9 Å². The van der Waals surface area contributed by atoms with Crippen molar-refractivity contribution in [3.05, 3.63) is 75.4 Å². The minimum Gasteiger partial charge on any atom is -0.313 e. The lowest BCUT2D eigenvalue weighted by molar-refractivity contribution is -0.384. The van der Waals surface area contributed by atoms with Gasteiger partial charge in [0.2, 0.25) is 5.95 Å². The molecule has 1 heterocycles. The Bertz CT molecular complexity index is 951. The van der Waals surface area contributed by atoms with Gasteiger partial charge in [0.15, 0.2) is 0 Å². The number of nitrogens with zero attached hydrogens (tertiary/aromatic N) is 3. The number of benzene rings is 2. The van der Waals surface area contributed by atoms with Gasteiger partial charge in [-0.05, 0) is 23.8 Å². The topological polar surface area (TPSA) is 90.1 Å². The van der Waals surface area contributed by atoms with Crippen LogP contribution in [-0.2, 0) is 7.05 Å². The summed E-state index contributed by atoms with van der Waals surface area (Å²) in [6, 6.07) is 12.8. The van der Waals surface area contributed by atoms with E-state index in [9.17, 15) is 14.9 Å². The van der Waals surface area contributed by atoms with Gasteiger partial charge >= 0.3 is 0 Å². The van der Waals surface area contributed by atoms with Gasteiger partial charge < -0.3 is 4.57 Å². The number of nitro benzene ring substituents is 1. The third-order valence-corrected chi connectivity index (χ3v) is 3.92. The summed E-state index contributed by atoms with van der Waals surface area (Å²) in [5, 5.41) is 14.1. The third-order valence-electron chi connectivity index (χ3n) is 3.67. The maximum atomic E-state index is 12.3. The van der Waals surface area contributed by atoms with Crippen molar-refractivity contribution in [1.29, 1.82) is 0 Å². The highest BCUT2D eigenvalue weighted by atomic mass is 35.5. The van der Waals surface area contributed by atoms with E-state index >= 15 is 0 Å². The van der Waals surface area contributed by atoms with Gasteiger partial charge in [-0.2, -0.15) is 0 Å². The molecule has 8 heteroatoms. The Hall–Kier alpha value is -3.19. The second-order valence-corrected chi connectivity index (χ2v) is 5.73. The molecule has 0 radical (unpaired) electrons. The summed E-state index contributed by atoms with van der Waals surface area (Å²) in [6.07, 6.45) is 1.63. The summed E-state index contributed by atoms with van der Waals surface area (Å²) in [7, 11) is 1.76. The van der Waals surface area contributed by atoms with Crippen LogP contribution in [0.1, 0.15) is 10.4 Å². The van der Waals surface area contributed by atoms with Crippen LogP contribution in [0.4, 0.5) is 11.6 Å². The minimum atomic E-state index is -0.545. The number of aromatic nitrogens is 2. The van der Waals surface area contributed by atoms with Crippen molar-refractivity contribution in [3.63, 3.8) is 0 Å². The summed E-state index contributed by atoms with van der Waals surface area (Å²) in [5.74, 6) is -0.137. The fourth-order valence-electron chi connectivity index (χ4n) is 2.35. The Balaban J connectivity index is 1.84. The average Bonchev–Trinajstić information content (AvgIpc) is 2.96. The number of carbonyl (C=O) groups excluding carboxylic acids is 1. The van der Waals surface area contributed by atoms with Crippen LogP contribution in [-0.4, -0.2) is 20.4 Å². The molecule has 0 aliphatic heterocycles. The van der Waals surface area contributed by atoms with Gasteiger partial charge in [-0.3, -0.25) is 20.2 Å². The molecule has 126 valence electrons. The first-order valence-electron chi connectivity index (χ1n) is 7.29. The number of nitrogens with one attached hydrogen (secondary N) is 1. The zero-order valence-electron chi connectivity index (χ0n) is 13.1. The minimum absolute atomic E-state index is 0.144.